The van der Waals surface area contributed by atoms with Gasteiger partial charge in [-0.1, -0.05) is 13.8 Å². The first-order chi connectivity index (χ1) is 8.54. The molecule has 0 aliphatic heterocycles. The van der Waals surface area contributed by atoms with Crippen molar-refractivity contribution in [3.63, 3.8) is 0 Å². The van der Waals surface area contributed by atoms with Gasteiger partial charge in [-0.2, -0.15) is 0 Å². The third kappa shape index (κ3) is 4.78. The minimum absolute atomic E-state index is 0.0611. The van der Waals surface area contributed by atoms with E-state index in [-0.39, 0.29) is 18.2 Å². The molecule has 1 aromatic carbocycles. The standard InChI is InChI=1S/C13H17ClF2O2/c1-9(2)8-17-3-4-18-13-11(15)5-10(7-14)6-12(13)16/h5-6,9H,3-4,7-8H2,1-2H3. The molecule has 2 nitrogen and oxygen atoms in total. The normalized spacial score (nSPS) is 11.0. The molecule has 0 fully saturated rings. The maximum absolute atomic E-state index is 13.5. The molecule has 0 heterocycles. The molecule has 0 amide bonds. The summed E-state index contributed by atoms with van der Waals surface area (Å²) in [7, 11) is 0. The van der Waals surface area contributed by atoms with Crippen molar-refractivity contribution >= 4 is 11.6 Å². The summed E-state index contributed by atoms with van der Waals surface area (Å²) in [6.07, 6.45) is 0. The largest absolute Gasteiger partial charge is 0.485 e. The minimum Gasteiger partial charge on any atom is -0.485 e. The molecule has 0 saturated carbocycles. The lowest BCUT2D eigenvalue weighted by molar-refractivity contribution is 0.0795. The van der Waals surface area contributed by atoms with Crippen LogP contribution in [0.15, 0.2) is 12.1 Å². The average Bonchev–Trinajstić information content (AvgIpc) is 2.31. The fraction of sp³-hybridized carbons (Fsp3) is 0.538. The van der Waals surface area contributed by atoms with Gasteiger partial charge in [0, 0.05) is 12.5 Å². The molecule has 1 rings (SSSR count). The van der Waals surface area contributed by atoms with Gasteiger partial charge in [0.2, 0.25) is 0 Å². The molecule has 0 unspecified atom stereocenters. The summed E-state index contributed by atoms with van der Waals surface area (Å²) in [6, 6.07) is 2.33. The van der Waals surface area contributed by atoms with E-state index in [0.717, 1.165) is 0 Å². The Morgan fingerprint density at radius 3 is 2.28 bits per heavy atom. The quantitative estimate of drug-likeness (QED) is 0.558. The van der Waals surface area contributed by atoms with Crippen LogP contribution in [0.5, 0.6) is 5.75 Å². The first kappa shape index (κ1) is 15.2. The Hall–Kier alpha value is -0.870. The fourth-order valence-corrected chi connectivity index (χ4v) is 1.50. The van der Waals surface area contributed by atoms with Gasteiger partial charge in [-0.3, -0.25) is 0 Å². The third-order valence-electron chi connectivity index (χ3n) is 2.14. The molecular weight excluding hydrogens is 262 g/mol. The number of hydrogen-bond donors (Lipinski definition) is 0. The first-order valence-electron chi connectivity index (χ1n) is 5.79. The highest BCUT2D eigenvalue weighted by Crippen LogP contribution is 2.24. The molecule has 0 atom stereocenters. The Kier molecular flexibility index (Phi) is 6.36. The Morgan fingerprint density at radius 2 is 1.78 bits per heavy atom. The van der Waals surface area contributed by atoms with Gasteiger partial charge in [0.25, 0.3) is 0 Å². The smallest absolute Gasteiger partial charge is 0.190 e. The second-order valence-corrected chi connectivity index (χ2v) is 4.61. The molecular formula is C13H17ClF2O2. The molecule has 0 saturated heterocycles. The zero-order chi connectivity index (χ0) is 13.5. The van der Waals surface area contributed by atoms with E-state index in [1.807, 2.05) is 13.8 Å². The molecule has 0 bridgehead atoms. The second kappa shape index (κ2) is 7.54. The predicted molar refractivity (Wildman–Crippen MR) is 67.1 cm³/mol. The molecule has 0 spiro atoms. The van der Waals surface area contributed by atoms with Crippen LogP contribution in [0.2, 0.25) is 0 Å². The van der Waals surface area contributed by atoms with Crippen molar-refractivity contribution in [3.8, 4) is 5.75 Å². The summed E-state index contributed by atoms with van der Waals surface area (Å²) in [5.74, 6) is -1.38. The molecule has 5 heteroatoms. The zero-order valence-corrected chi connectivity index (χ0v) is 11.3. The molecule has 0 radical (unpaired) electrons. The van der Waals surface area contributed by atoms with Gasteiger partial charge >= 0.3 is 0 Å². The second-order valence-electron chi connectivity index (χ2n) is 4.34. The van der Waals surface area contributed by atoms with E-state index in [2.05, 4.69) is 0 Å². The Labute approximate surface area is 111 Å². The van der Waals surface area contributed by atoms with Gasteiger partial charge in [-0.25, -0.2) is 8.78 Å². The number of hydrogen-bond acceptors (Lipinski definition) is 2. The summed E-state index contributed by atoms with van der Waals surface area (Å²) in [6.45, 7) is 5.05. The maximum Gasteiger partial charge on any atom is 0.190 e. The number of benzene rings is 1. The van der Waals surface area contributed by atoms with Crippen LogP contribution < -0.4 is 4.74 Å². The van der Waals surface area contributed by atoms with Gasteiger partial charge in [0.05, 0.1) is 6.61 Å². The van der Waals surface area contributed by atoms with Gasteiger partial charge in [0.1, 0.15) is 6.61 Å². The first-order valence-corrected chi connectivity index (χ1v) is 6.32. The van der Waals surface area contributed by atoms with Crippen LogP contribution in [0.3, 0.4) is 0 Å². The summed E-state index contributed by atoms with van der Waals surface area (Å²) in [5.41, 5.74) is 0.384. The van der Waals surface area contributed by atoms with E-state index in [4.69, 9.17) is 21.1 Å². The van der Waals surface area contributed by atoms with E-state index in [0.29, 0.717) is 24.7 Å². The summed E-state index contributed by atoms with van der Waals surface area (Å²) >= 11 is 5.50. The van der Waals surface area contributed by atoms with E-state index >= 15 is 0 Å². The van der Waals surface area contributed by atoms with Crippen LogP contribution in [-0.2, 0) is 10.6 Å². The van der Waals surface area contributed by atoms with E-state index in [9.17, 15) is 8.78 Å². The average molecular weight is 279 g/mol. The minimum atomic E-state index is -0.741. The maximum atomic E-state index is 13.5. The highest BCUT2D eigenvalue weighted by atomic mass is 35.5. The highest BCUT2D eigenvalue weighted by molar-refractivity contribution is 6.17. The Balaban J connectivity index is 2.47. The van der Waals surface area contributed by atoms with Crippen LogP contribution in [0.4, 0.5) is 8.78 Å². The zero-order valence-electron chi connectivity index (χ0n) is 10.5. The van der Waals surface area contributed by atoms with Crippen molar-refractivity contribution in [2.45, 2.75) is 19.7 Å². The van der Waals surface area contributed by atoms with E-state index in [1.54, 1.807) is 0 Å². The summed E-state index contributed by atoms with van der Waals surface area (Å²) in [5, 5.41) is 0. The van der Waals surface area contributed by atoms with Crippen molar-refractivity contribution in [1.82, 2.24) is 0 Å². The molecule has 0 N–H and O–H groups in total. The van der Waals surface area contributed by atoms with Crippen molar-refractivity contribution in [2.24, 2.45) is 5.92 Å². The summed E-state index contributed by atoms with van der Waals surface area (Å²) < 4.78 is 37.2. The number of halogens is 3. The SMILES string of the molecule is CC(C)COCCOc1c(F)cc(CCl)cc1F. The summed E-state index contributed by atoms with van der Waals surface area (Å²) in [4.78, 5) is 0. The molecule has 102 valence electrons. The van der Waals surface area contributed by atoms with Crippen LogP contribution in [0.1, 0.15) is 19.4 Å². The Bertz CT molecular complexity index is 360. The van der Waals surface area contributed by atoms with Crippen molar-refractivity contribution in [3.05, 3.63) is 29.3 Å². The molecule has 0 aliphatic rings. The lowest BCUT2D eigenvalue weighted by Gasteiger charge is -2.10. The van der Waals surface area contributed by atoms with Crippen molar-refractivity contribution < 1.29 is 18.3 Å². The van der Waals surface area contributed by atoms with Crippen LogP contribution in [-0.4, -0.2) is 19.8 Å². The lowest BCUT2D eigenvalue weighted by Crippen LogP contribution is -2.11. The van der Waals surface area contributed by atoms with Crippen LogP contribution >= 0.6 is 11.6 Å². The van der Waals surface area contributed by atoms with Crippen LogP contribution in [0, 0.1) is 17.6 Å². The number of rotatable bonds is 7. The molecule has 18 heavy (non-hydrogen) atoms. The lowest BCUT2D eigenvalue weighted by atomic mass is 10.2. The number of ether oxygens (including phenoxy) is 2. The predicted octanol–water partition coefficient (Wildman–Crippen LogP) is 3.76. The number of alkyl halides is 1. The molecule has 1 aromatic rings. The van der Waals surface area contributed by atoms with Gasteiger partial charge < -0.3 is 9.47 Å². The monoisotopic (exact) mass is 278 g/mol. The highest BCUT2D eigenvalue weighted by Gasteiger charge is 2.12. The van der Waals surface area contributed by atoms with E-state index < -0.39 is 11.6 Å². The topological polar surface area (TPSA) is 18.5 Å². The van der Waals surface area contributed by atoms with Gasteiger partial charge in [-0.05, 0) is 23.6 Å². The Morgan fingerprint density at radius 1 is 1.17 bits per heavy atom. The molecule has 0 aliphatic carbocycles. The van der Waals surface area contributed by atoms with Crippen molar-refractivity contribution in [2.75, 3.05) is 19.8 Å². The van der Waals surface area contributed by atoms with Gasteiger partial charge in [-0.15, -0.1) is 11.6 Å². The third-order valence-corrected chi connectivity index (χ3v) is 2.45. The van der Waals surface area contributed by atoms with Crippen LogP contribution in [0.25, 0.3) is 0 Å². The molecule has 0 aromatic heterocycles. The van der Waals surface area contributed by atoms with Gasteiger partial charge in [0.15, 0.2) is 17.4 Å². The van der Waals surface area contributed by atoms with E-state index in [1.165, 1.54) is 12.1 Å². The fourth-order valence-electron chi connectivity index (χ4n) is 1.35. The van der Waals surface area contributed by atoms with Crippen molar-refractivity contribution in [1.29, 1.82) is 0 Å².